The Labute approximate surface area is 256 Å². The summed E-state index contributed by atoms with van der Waals surface area (Å²) in [6.45, 7) is 11.1. The van der Waals surface area contributed by atoms with Crippen LogP contribution in [-0.4, -0.2) is 41.0 Å². The minimum atomic E-state index is -0.631. The number of carbonyl (C=O) groups is 3. The van der Waals surface area contributed by atoms with Crippen molar-refractivity contribution >= 4 is 34.8 Å². The number of hydrogen-bond acceptors (Lipinski definition) is 8. The van der Waals surface area contributed by atoms with Crippen LogP contribution in [0.1, 0.15) is 85.5 Å². The summed E-state index contributed by atoms with van der Waals surface area (Å²) < 4.78 is 17.5. The van der Waals surface area contributed by atoms with Crippen LogP contribution in [-0.2, 0) is 0 Å². The van der Waals surface area contributed by atoms with E-state index in [0.29, 0.717) is 24.2 Å². The number of nitro benzene ring substituents is 1. The highest BCUT2D eigenvalue weighted by Crippen LogP contribution is 2.33. The molecule has 0 heterocycles. The Morgan fingerprint density at radius 3 is 1.64 bits per heavy atom. The van der Waals surface area contributed by atoms with Crippen LogP contribution >= 0.6 is 0 Å². The largest absolute Gasteiger partial charge is 0.489 e. The number of nitrogens with two attached hydrogens (primary N) is 1. The van der Waals surface area contributed by atoms with Gasteiger partial charge in [0.1, 0.15) is 11.5 Å². The minimum Gasteiger partial charge on any atom is -0.489 e. The second kappa shape index (κ2) is 14.9. The van der Waals surface area contributed by atoms with Crippen LogP contribution in [0.3, 0.4) is 0 Å². The fraction of sp³-hybridized carbons (Fsp3) is 0.344. The van der Waals surface area contributed by atoms with E-state index in [1.807, 2.05) is 34.6 Å². The number of carbonyl (C=O) groups excluding carboxylic acids is 3. The first kappa shape index (κ1) is 33.4. The Morgan fingerprint density at radius 1 is 0.727 bits per heavy atom. The molecule has 0 aromatic heterocycles. The average molecular weight is 607 g/mol. The van der Waals surface area contributed by atoms with Crippen LogP contribution in [0, 0.1) is 10.1 Å². The molecule has 0 aliphatic heterocycles. The molecule has 3 aromatic rings. The first-order chi connectivity index (χ1) is 20.8. The molecule has 4 N–H and O–H groups in total. The van der Waals surface area contributed by atoms with E-state index in [2.05, 4.69) is 10.6 Å². The predicted octanol–water partition coefficient (Wildman–Crippen LogP) is 6.34. The number of benzene rings is 3. The number of primary amides is 1. The van der Waals surface area contributed by atoms with E-state index < -0.39 is 22.6 Å². The Bertz CT molecular complexity index is 1540. The second-order valence-corrected chi connectivity index (χ2v) is 10.5. The molecule has 234 valence electrons. The zero-order valence-electron chi connectivity index (χ0n) is 25.6. The van der Waals surface area contributed by atoms with Crippen molar-refractivity contribution < 1.29 is 33.5 Å². The third-order valence-corrected chi connectivity index (χ3v) is 6.59. The fourth-order valence-electron chi connectivity index (χ4n) is 3.88. The topological polar surface area (TPSA) is 172 Å². The molecule has 0 spiro atoms. The fourth-order valence-corrected chi connectivity index (χ4v) is 3.88. The van der Waals surface area contributed by atoms with E-state index >= 15 is 0 Å². The average Bonchev–Trinajstić information content (AvgIpc) is 2.97. The lowest BCUT2D eigenvalue weighted by atomic mass is 10.1. The van der Waals surface area contributed by atoms with Crippen molar-refractivity contribution in [1.29, 1.82) is 0 Å². The van der Waals surface area contributed by atoms with Gasteiger partial charge in [-0.3, -0.25) is 24.5 Å². The van der Waals surface area contributed by atoms with Crippen LogP contribution in [0.5, 0.6) is 17.2 Å². The lowest BCUT2D eigenvalue weighted by molar-refractivity contribution is -0.386. The number of rotatable bonds is 14. The normalized spacial score (nSPS) is 12.2. The minimum absolute atomic E-state index is 0.00947. The summed E-state index contributed by atoms with van der Waals surface area (Å²) in [5.74, 6) is -1.14. The van der Waals surface area contributed by atoms with Crippen molar-refractivity contribution in [3.8, 4) is 17.2 Å². The number of nitrogens with zero attached hydrogens (tertiary/aromatic N) is 1. The summed E-state index contributed by atoms with van der Waals surface area (Å²) in [6, 6.07) is 12.9. The van der Waals surface area contributed by atoms with Gasteiger partial charge in [-0.05, 0) is 83.0 Å². The van der Waals surface area contributed by atoms with E-state index in [4.69, 9.17) is 19.9 Å². The molecule has 44 heavy (non-hydrogen) atoms. The SMILES string of the molecule is CCC(C)Oc1cc(C(=O)Nc2ccc(C(N)=O)cc2OC(C)C)ccc1NC(=O)c1ccc([N+](=O)[O-])c(OC(C)CC)c1. The van der Waals surface area contributed by atoms with Crippen molar-refractivity contribution in [2.75, 3.05) is 10.6 Å². The molecule has 0 saturated carbocycles. The number of anilines is 2. The van der Waals surface area contributed by atoms with Crippen LogP contribution in [0.15, 0.2) is 54.6 Å². The maximum absolute atomic E-state index is 13.3. The van der Waals surface area contributed by atoms with Crippen LogP contribution in [0.25, 0.3) is 0 Å². The lowest BCUT2D eigenvalue weighted by Crippen LogP contribution is -2.18. The van der Waals surface area contributed by atoms with Gasteiger partial charge < -0.3 is 30.6 Å². The van der Waals surface area contributed by atoms with Gasteiger partial charge in [0.15, 0.2) is 5.75 Å². The number of hydrogen-bond donors (Lipinski definition) is 3. The first-order valence-electron chi connectivity index (χ1n) is 14.3. The van der Waals surface area contributed by atoms with Crippen molar-refractivity contribution in [2.45, 2.75) is 72.7 Å². The first-order valence-corrected chi connectivity index (χ1v) is 14.3. The van der Waals surface area contributed by atoms with E-state index in [9.17, 15) is 24.5 Å². The van der Waals surface area contributed by atoms with Gasteiger partial charge >= 0.3 is 5.69 Å². The molecule has 12 heteroatoms. The maximum Gasteiger partial charge on any atom is 0.310 e. The number of amides is 3. The molecular weight excluding hydrogens is 568 g/mol. The Balaban J connectivity index is 1.92. The standard InChI is InChI=1S/C32H38N4O8/c1-7-19(5)43-28-16-22(31(38)34-24-12-9-21(30(33)37)15-27(24)42-18(3)4)10-13-25(28)35-32(39)23-11-14-26(36(40)41)29(17-23)44-20(6)8-2/h9-20H,7-8H2,1-6H3,(H2,33,37)(H,34,38)(H,35,39). The van der Waals surface area contributed by atoms with Gasteiger partial charge in [0.2, 0.25) is 5.91 Å². The molecule has 2 unspecified atom stereocenters. The molecule has 0 aliphatic carbocycles. The highest BCUT2D eigenvalue weighted by atomic mass is 16.6. The molecule has 0 fully saturated rings. The molecule has 3 rings (SSSR count). The Hall–Kier alpha value is -5.13. The Morgan fingerprint density at radius 2 is 1.16 bits per heavy atom. The van der Waals surface area contributed by atoms with Crippen LogP contribution in [0.2, 0.25) is 0 Å². The second-order valence-electron chi connectivity index (χ2n) is 10.5. The molecule has 3 amide bonds. The summed E-state index contributed by atoms with van der Waals surface area (Å²) in [5.41, 5.74) is 6.39. The van der Waals surface area contributed by atoms with Gasteiger partial charge in [0.05, 0.1) is 34.6 Å². The van der Waals surface area contributed by atoms with Gasteiger partial charge in [0.25, 0.3) is 11.8 Å². The van der Waals surface area contributed by atoms with E-state index in [0.717, 1.165) is 0 Å². The van der Waals surface area contributed by atoms with Crippen LogP contribution in [0.4, 0.5) is 17.1 Å². The summed E-state index contributed by atoms with van der Waals surface area (Å²) in [6.07, 6.45) is 0.501. The molecule has 3 aromatic carbocycles. The molecule has 0 radical (unpaired) electrons. The van der Waals surface area contributed by atoms with Crippen molar-refractivity contribution in [1.82, 2.24) is 0 Å². The number of ether oxygens (including phenoxy) is 3. The van der Waals surface area contributed by atoms with Gasteiger partial charge in [-0.25, -0.2) is 0 Å². The van der Waals surface area contributed by atoms with Gasteiger partial charge in [0, 0.05) is 28.8 Å². The lowest BCUT2D eigenvalue weighted by Gasteiger charge is -2.19. The monoisotopic (exact) mass is 606 g/mol. The number of nitrogens with one attached hydrogen (secondary N) is 2. The smallest absolute Gasteiger partial charge is 0.310 e. The van der Waals surface area contributed by atoms with Gasteiger partial charge in [-0.1, -0.05) is 13.8 Å². The molecular formula is C32H38N4O8. The molecule has 0 aliphatic rings. The molecule has 0 bridgehead atoms. The summed E-state index contributed by atoms with van der Waals surface area (Å²) >= 11 is 0. The van der Waals surface area contributed by atoms with E-state index in [-0.39, 0.29) is 57.9 Å². The van der Waals surface area contributed by atoms with E-state index in [1.54, 1.807) is 6.92 Å². The Kier molecular flexibility index (Phi) is 11.3. The maximum atomic E-state index is 13.3. The zero-order chi connectivity index (χ0) is 32.6. The predicted molar refractivity (Wildman–Crippen MR) is 167 cm³/mol. The third-order valence-electron chi connectivity index (χ3n) is 6.59. The third kappa shape index (κ3) is 8.69. The molecule has 12 nitrogen and oxygen atoms in total. The quantitative estimate of drug-likeness (QED) is 0.141. The van der Waals surface area contributed by atoms with Gasteiger partial charge in [-0.2, -0.15) is 0 Å². The summed E-state index contributed by atoms with van der Waals surface area (Å²) in [5, 5.41) is 17.1. The van der Waals surface area contributed by atoms with Crippen molar-refractivity contribution in [3.05, 3.63) is 81.4 Å². The van der Waals surface area contributed by atoms with Gasteiger partial charge in [-0.15, -0.1) is 0 Å². The zero-order valence-corrected chi connectivity index (χ0v) is 25.6. The summed E-state index contributed by atoms with van der Waals surface area (Å²) in [4.78, 5) is 49.1. The highest BCUT2D eigenvalue weighted by Gasteiger charge is 2.22. The number of nitro groups is 1. The molecule has 2 atom stereocenters. The van der Waals surface area contributed by atoms with Crippen molar-refractivity contribution in [2.24, 2.45) is 5.73 Å². The molecule has 0 saturated heterocycles. The van der Waals surface area contributed by atoms with Crippen LogP contribution < -0.4 is 30.6 Å². The van der Waals surface area contributed by atoms with Crippen molar-refractivity contribution in [3.63, 3.8) is 0 Å². The summed E-state index contributed by atoms with van der Waals surface area (Å²) in [7, 11) is 0. The van der Waals surface area contributed by atoms with E-state index in [1.165, 1.54) is 54.6 Å². The highest BCUT2D eigenvalue weighted by molar-refractivity contribution is 6.08.